The number of amides is 4. The van der Waals surface area contributed by atoms with Gasteiger partial charge in [-0.1, -0.05) is 11.8 Å². The minimum absolute atomic E-state index is 0.356. The van der Waals surface area contributed by atoms with E-state index in [2.05, 4.69) is 15.7 Å². The van der Waals surface area contributed by atoms with Gasteiger partial charge in [0.2, 0.25) is 5.91 Å². The summed E-state index contributed by atoms with van der Waals surface area (Å²) in [7, 11) is 1.68. The number of aromatic nitrogens is 2. The first-order chi connectivity index (χ1) is 13.2. The van der Waals surface area contributed by atoms with Crippen LogP contribution in [0.25, 0.3) is 0 Å². The van der Waals surface area contributed by atoms with Crippen molar-refractivity contribution in [3.05, 3.63) is 42.2 Å². The molecule has 0 bridgehead atoms. The molecule has 8 nitrogen and oxygen atoms in total. The maximum Gasteiger partial charge on any atom is 0.325 e. The average molecular weight is 409 g/mol. The van der Waals surface area contributed by atoms with Crippen LogP contribution in [0.5, 0.6) is 0 Å². The summed E-state index contributed by atoms with van der Waals surface area (Å²) in [6.45, 7) is 1.07. The molecule has 4 amide bonds. The van der Waals surface area contributed by atoms with E-state index in [0.29, 0.717) is 27.9 Å². The van der Waals surface area contributed by atoms with Crippen LogP contribution in [0.3, 0.4) is 0 Å². The number of nitrogens with zero attached hydrogens (tertiary/aromatic N) is 3. The standard InChI is InChI=1S/C17H17F2N5O3S/c1-17(10-7-20-23(2)8-10)14(26)24(16(27)22-17)9-13(25)21-11-3-5-12(6-4-11)28-15(18)19/h3-8,15H,9H2,1-2H3,(H,21,25)(H,22,27)/t17-/m0/s1. The number of nitrogens with one attached hydrogen (secondary N) is 2. The minimum atomic E-state index is -2.53. The van der Waals surface area contributed by atoms with Gasteiger partial charge in [-0.3, -0.25) is 19.2 Å². The number of imide groups is 1. The zero-order valence-electron chi connectivity index (χ0n) is 15.0. The van der Waals surface area contributed by atoms with Gasteiger partial charge < -0.3 is 10.6 Å². The van der Waals surface area contributed by atoms with Gasteiger partial charge in [-0.25, -0.2) is 4.79 Å². The Balaban J connectivity index is 1.65. The Morgan fingerprint density at radius 1 is 1.32 bits per heavy atom. The normalized spacial score (nSPS) is 19.2. The first kappa shape index (κ1) is 19.8. The van der Waals surface area contributed by atoms with Crippen LogP contribution in [0, 0.1) is 0 Å². The zero-order chi connectivity index (χ0) is 20.5. The number of halogens is 2. The Labute approximate surface area is 163 Å². The van der Waals surface area contributed by atoms with Crippen molar-refractivity contribution in [1.82, 2.24) is 20.0 Å². The van der Waals surface area contributed by atoms with E-state index in [1.165, 1.54) is 35.1 Å². The third kappa shape index (κ3) is 3.98. The Morgan fingerprint density at radius 3 is 2.57 bits per heavy atom. The van der Waals surface area contributed by atoms with Gasteiger partial charge >= 0.3 is 6.03 Å². The predicted molar refractivity (Wildman–Crippen MR) is 97.7 cm³/mol. The van der Waals surface area contributed by atoms with Crippen molar-refractivity contribution in [3.8, 4) is 0 Å². The molecular formula is C17H17F2N5O3S. The highest BCUT2D eigenvalue weighted by Gasteiger charge is 2.50. The predicted octanol–water partition coefficient (Wildman–Crippen LogP) is 2.14. The van der Waals surface area contributed by atoms with E-state index in [-0.39, 0.29) is 0 Å². The number of alkyl halides is 2. The lowest BCUT2D eigenvalue weighted by molar-refractivity contribution is -0.133. The van der Waals surface area contributed by atoms with Gasteiger partial charge in [0.15, 0.2) is 0 Å². The van der Waals surface area contributed by atoms with Crippen LogP contribution in [0.2, 0.25) is 0 Å². The van der Waals surface area contributed by atoms with E-state index < -0.39 is 35.7 Å². The van der Waals surface area contributed by atoms with Crippen LogP contribution >= 0.6 is 11.8 Å². The fourth-order valence-electron chi connectivity index (χ4n) is 2.78. The lowest BCUT2D eigenvalue weighted by Crippen LogP contribution is -2.42. The summed E-state index contributed by atoms with van der Waals surface area (Å²) in [5, 5.41) is 9.12. The van der Waals surface area contributed by atoms with Gasteiger partial charge in [0.1, 0.15) is 12.1 Å². The highest BCUT2D eigenvalue weighted by Crippen LogP contribution is 2.29. The molecule has 1 aliphatic rings. The Hall–Kier alpha value is -2.95. The largest absolute Gasteiger partial charge is 0.325 e. The molecule has 148 valence electrons. The molecule has 0 unspecified atom stereocenters. The number of aryl methyl sites for hydroxylation is 1. The van der Waals surface area contributed by atoms with Crippen molar-refractivity contribution in [1.29, 1.82) is 0 Å². The van der Waals surface area contributed by atoms with Gasteiger partial charge in [0, 0.05) is 29.4 Å². The average Bonchev–Trinajstić information content (AvgIpc) is 3.14. The first-order valence-electron chi connectivity index (χ1n) is 8.17. The summed E-state index contributed by atoms with van der Waals surface area (Å²) < 4.78 is 26.2. The Morgan fingerprint density at radius 2 is 2.00 bits per heavy atom. The van der Waals surface area contributed by atoms with E-state index in [1.54, 1.807) is 20.2 Å². The molecule has 1 aromatic heterocycles. The summed E-state index contributed by atoms with van der Waals surface area (Å²) in [6.07, 6.45) is 3.08. The summed E-state index contributed by atoms with van der Waals surface area (Å²) in [4.78, 5) is 38.4. The maximum atomic E-state index is 12.7. The quantitative estimate of drug-likeness (QED) is 0.563. The highest BCUT2D eigenvalue weighted by molar-refractivity contribution is 7.99. The first-order valence-corrected chi connectivity index (χ1v) is 9.05. The molecule has 2 aromatic rings. The van der Waals surface area contributed by atoms with Crippen molar-refractivity contribution in [3.63, 3.8) is 0 Å². The van der Waals surface area contributed by atoms with Crippen LogP contribution in [0.15, 0.2) is 41.6 Å². The number of anilines is 1. The molecule has 0 aliphatic carbocycles. The molecule has 1 atom stereocenters. The van der Waals surface area contributed by atoms with Crippen molar-refractivity contribution in [2.75, 3.05) is 11.9 Å². The Bertz CT molecular complexity index is 918. The number of rotatable bonds is 6. The van der Waals surface area contributed by atoms with Gasteiger partial charge in [0.25, 0.3) is 11.7 Å². The van der Waals surface area contributed by atoms with Gasteiger partial charge in [-0.2, -0.15) is 13.9 Å². The smallest absolute Gasteiger partial charge is 0.325 e. The van der Waals surface area contributed by atoms with Crippen LogP contribution in [0.1, 0.15) is 12.5 Å². The summed E-state index contributed by atoms with van der Waals surface area (Å²) >= 11 is 0.393. The van der Waals surface area contributed by atoms with Crippen molar-refractivity contribution >= 4 is 35.3 Å². The number of thioether (sulfide) groups is 1. The van der Waals surface area contributed by atoms with Crippen LogP contribution < -0.4 is 10.6 Å². The molecule has 1 aliphatic heterocycles. The summed E-state index contributed by atoms with van der Waals surface area (Å²) in [6, 6.07) is 5.14. The number of benzene rings is 1. The highest BCUT2D eigenvalue weighted by atomic mass is 32.2. The SMILES string of the molecule is Cn1cc([C@]2(C)NC(=O)N(CC(=O)Nc3ccc(SC(F)F)cc3)C2=O)cn1. The minimum Gasteiger partial charge on any atom is -0.325 e. The molecule has 2 N–H and O–H groups in total. The van der Waals surface area contributed by atoms with Crippen LogP contribution in [-0.2, 0) is 22.2 Å². The van der Waals surface area contributed by atoms with E-state index in [1.807, 2.05) is 0 Å². The molecule has 0 saturated carbocycles. The molecule has 0 radical (unpaired) electrons. The number of urea groups is 1. The fourth-order valence-corrected chi connectivity index (χ4v) is 3.28. The second kappa shape index (κ2) is 7.58. The van der Waals surface area contributed by atoms with Crippen molar-refractivity contribution in [2.45, 2.75) is 23.1 Å². The van der Waals surface area contributed by atoms with Gasteiger partial charge in [-0.15, -0.1) is 0 Å². The number of hydrogen-bond acceptors (Lipinski definition) is 5. The number of carbonyl (C=O) groups excluding carboxylic acids is 3. The van der Waals surface area contributed by atoms with Gasteiger partial charge in [0.05, 0.1) is 6.20 Å². The molecule has 28 heavy (non-hydrogen) atoms. The number of hydrogen-bond donors (Lipinski definition) is 2. The molecular weight excluding hydrogens is 392 g/mol. The second-order valence-electron chi connectivity index (χ2n) is 6.30. The molecule has 3 rings (SSSR count). The third-order valence-corrected chi connectivity index (χ3v) is 4.94. The van der Waals surface area contributed by atoms with E-state index in [9.17, 15) is 23.2 Å². The number of carbonyl (C=O) groups is 3. The van der Waals surface area contributed by atoms with Crippen LogP contribution in [0.4, 0.5) is 19.3 Å². The molecule has 1 fully saturated rings. The Kier molecular flexibility index (Phi) is 5.36. The second-order valence-corrected chi connectivity index (χ2v) is 7.36. The maximum absolute atomic E-state index is 12.7. The van der Waals surface area contributed by atoms with Crippen molar-refractivity contribution in [2.24, 2.45) is 7.05 Å². The summed E-state index contributed by atoms with van der Waals surface area (Å²) in [5.74, 6) is -3.69. The lowest BCUT2D eigenvalue weighted by Gasteiger charge is -2.19. The molecule has 0 spiro atoms. The fraction of sp³-hybridized carbons (Fsp3) is 0.294. The molecule has 11 heteroatoms. The third-order valence-electron chi connectivity index (χ3n) is 4.22. The van der Waals surface area contributed by atoms with E-state index in [0.717, 1.165) is 4.90 Å². The van der Waals surface area contributed by atoms with Crippen molar-refractivity contribution < 1.29 is 23.2 Å². The summed E-state index contributed by atoms with van der Waals surface area (Å²) in [5.41, 5.74) is -0.436. The zero-order valence-corrected chi connectivity index (χ0v) is 15.8. The van der Waals surface area contributed by atoms with Gasteiger partial charge in [-0.05, 0) is 31.2 Å². The van der Waals surface area contributed by atoms with E-state index >= 15 is 0 Å². The monoisotopic (exact) mass is 409 g/mol. The lowest BCUT2D eigenvalue weighted by atomic mass is 9.95. The molecule has 2 heterocycles. The molecule has 1 saturated heterocycles. The van der Waals surface area contributed by atoms with Crippen LogP contribution in [-0.4, -0.2) is 44.8 Å². The van der Waals surface area contributed by atoms with E-state index in [4.69, 9.17) is 0 Å². The molecule has 1 aromatic carbocycles. The topological polar surface area (TPSA) is 96.3 Å².